The van der Waals surface area contributed by atoms with Crippen LogP contribution in [0.1, 0.15) is 59.9 Å². The van der Waals surface area contributed by atoms with E-state index in [0.29, 0.717) is 26.2 Å². The van der Waals surface area contributed by atoms with Crippen molar-refractivity contribution >= 4 is 30.1 Å². The van der Waals surface area contributed by atoms with E-state index >= 15 is 0 Å². The third-order valence-electron chi connectivity index (χ3n) is 5.67. The van der Waals surface area contributed by atoms with E-state index < -0.39 is 51.6 Å². The van der Waals surface area contributed by atoms with Gasteiger partial charge in [-0.2, -0.15) is 26.3 Å². The summed E-state index contributed by atoms with van der Waals surface area (Å²) in [4.78, 5) is 24.5. The number of rotatable bonds is 9. The molecule has 5 nitrogen and oxygen atoms in total. The maximum absolute atomic E-state index is 13.6. The summed E-state index contributed by atoms with van der Waals surface area (Å²) in [5, 5.41) is 14.7. The van der Waals surface area contributed by atoms with E-state index in [-0.39, 0.29) is 5.69 Å². The average molecular weight is 481 g/mol. The lowest BCUT2D eigenvalue weighted by Gasteiger charge is -2.35. The second-order valence-corrected chi connectivity index (χ2v) is 9.06. The molecular formula is C21H28BF6N2O3. The number of hydrogen-bond acceptors (Lipinski definition) is 4. The number of anilines is 2. The van der Waals surface area contributed by atoms with Crippen LogP contribution in [0.25, 0.3) is 0 Å². The molecule has 0 atom stereocenters. The number of carbonyl (C=O) groups excluding carboxylic acids is 2. The third kappa shape index (κ3) is 6.42. The molecule has 0 spiro atoms. The van der Waals surface area contributed by atoms with Gasteiger partial charge in [-0.1, -0.05) is 27.7 Å². The highest BCUT2D eigenvalue weighted by Crippen LogP contribution is 2.52. The van der Waals surface area contributed by atoms with Gasteiger partial charge in [0.25, 0.3) is 5.60 Å². The van der Waals surface area contributed by atoms with Crippen molar-refractivity contribution in [3.05, 3.63) is 23.8 Å². The SMILES string of the molecule is CCC(C)(C)Nc1ccc(NC(=O)[B]C(=O)C(C)(C)CC)c(C(O)(C(F)(F)F)C(F)(F)F)c1. The molecule has 0 aliphatic carbocycles. The van der Waals surface area contributed by atoms with Gasteiger partial charge in [0.05, 0.1) is 0 Å². The molecule has 0 unspecified atom stereocenters. The lowest BCUT2D eigenvalue weighted by molar-refractivity contribution is -0.376. The molecule has 12 heteroatoms. The van der Waals surface area contributed by atoms with Crippen molar-refractivity contribution in [1.29, 1.82) is 0 Å². The van der Waals surface area contributed by atoms with Gasteiger partial charge in [0.2, 0.25) is 0 Å². The van der Waals surface area contributed by atoms with Crippen LogP contribution in [0.4, 0.5) is 42.5 Å². The van der Waals surface area contributed by atoms with E-state index in [0.717, 1.165) is 6.07 Å². The van der Waals surface area contributed by atoms with E-state index in [1.165, 1.54) is 19.9 Å². The summed E-state index contributed by atoms with van der Waals surface area (Å²) in [5.74, 6) is -1.22. The van der Waals surface area contributed by atoms with Crippen molar-refractivity contribution in [3.8, 4) is 0 Å². The van der Waals surface area contributed by atoms with Crippen molar-refractivity contribution < 1.29 is 41.0 Å². The third-order valence-corrected chi connectivity index (χ3v) is 5.67. The molecule has 1 radical (unpaired) electrons. The zero-order valence-corrected chi connectivity index (χ0v) is 19.3. The second-order valence-electron chi connectivity index (χ2n) is 9.06. The summed E-state index contributed by atoms with van der Waals surface area (Å²) in [7, 11) is 0.569. The minimum absolute atomic E-state index is 0.131. The van der Waals surface area contributed by atoms with Crippen LogP contribution in [0.3, 0.4) is 0 Å². The van der Waals surface area contributed by atoms with Crippen LogP contribution in [0.2, 0.25) is 0 Å². The van der Waals surface area contributed by atoms with Crippen molar-refractivity contribution in [2.45, 2.75) is 77.9 Å². The minimum Gasteiger partial charge on any atom is -0.380 e. The zero-order valence-electron chi connectivity index (χ0n) is 19.3. The zero-order chi connectivity index (χ0) is 26.0. The molecule has 3 N–H and O–H groups in total. The molecule has 185 valence electrons. The summed E-state index contributed by atoms with van der Waals surface area (Å²) >= 11 is 0. The van der Waals surface area contributed by atoms with E-state index in [4.69, 9.17) is 0 Å². The van der Waals surface area contributed by atoms with E-state index in [1.54, 1.807) is 27.7 Å². The Morgan fingerprint density at radius 2 is 1.45 bits per heavy atom. The van der Waals surface area contributed by atoms with Gasteiger partial charge in [-0.25, -0.2) is 0 Å². The van der Waals surface area contributed by atoms with Gasteiger partial charge in [-0.15, -0.1) is 0 Å². The van der Waals surface area contributed by atoms with Crippen molar-refractivity contribution in [1.82, 2.24) is 0 Å². The van der Waals surface area contributed by atoms with E-state index in [9.17, 15) is 41.0 Å². The van der Waals surface area contributed by atoms with Gasteiger partial charge < -0.3 is 20.5 Å². The Morgan fingerprint density at radius 1 is 0.939 bits per heavy atom. The van der Waals surface area contributed by atoms with Crippen LogP contribution < -0.4 is 10.6 Å². The molecule has 1 amide bonds. The normalized spacial score (nSPS) is 13.5. The van der Waals surface area contributed by atoms with Gasteiger partial charge in [0.15, 0.2) is 5.81 Å². The van der Waals surface area contributed by atoms with Crippen LogP contribution in [0, 0.1) is 5.41 Å². The molecule has 1 aromatic rings. The molecule has 0 aliphatic heterocycles. The van der Waals surface area contributed by atoms with Crippen molar-refractivity contribution in [2.24, 2.45) is 5.41 Å². The Bertz CT molecular complexity index is 868. The molecule has 0 bridgehead atoms. The molecule has 1 rings (SSSR count). The highest BCUT2D eigenvalue weighted by atomic mass is 19.4. The highest BCUT2D eigenvalue weighted by molar-refractivity contribution is 6.98. The highest BCUT2D eigenvalue weighted by Gasteiger charge is 2.72. The number of amides is 1. The standard InChI is InChI=1S/C21H28BF6N2O3/c1-7-17(3,4)15(31)22-16(32)29-14-10-9-12(30-18(5,6)8-2)11-13(14)19(33,20(23,24)25)21(26,27)28/h9-11,30,33H,7-8H2,1-6H3,(H,29,32). The van der Waals surface area contributed by atoms with Crippen LogP contribution in [0.5, 0.6) is 0 Å². The monoisotopic (exact) mass is 481 g/mol. The summed E-state index contributed by atoms with van der Waals surface area (Å²) in [6, 6.07) is 2.47. The minimum atomic E-state index is -6.16. The molecule has 0 aromatic heterocycles. The number of nitrogens with one attached hydrogen (secondary N) is 2. The summed E-state index contributed by atoms with van der Waals surface area (Å²) < 4.78 is 81.5. The Morgan fingerprint density at radius 3 is 1.88 bits per heavy atom. The Kier molecular flexibility index (Phi) is 8.34. The number of carbonyl (C=O) groups is 2. The fourth-order valence-electron chi connectivity index (χ4n) is 2.63. The van der Waals surface area contributed by atoms with Gasteiger partial charge in [0, 0.05) is 27.9 Å². The second kappa shape index (κ2) is 9.56. The average Bonchev–Trinajstić information content (AvgIpc) is 2.66. The maximum Gasteiger partial charge on any atom is 0.430 e. The maximum atomic E-state index is 13.6. The lowest BCUT2D eigenvalue weighted by atomic mass is 9.61. The predicted octanol–water partition coefficient (Wildman–Crippen LogP) is 5.80. The topological polar surface area (TPSA) is 78.4 Å². The number of hydrogen-bond donors (Lipinski definition) is 3. The quantitative estimate of drug-likeness (QED) is 0.308. The van der Waals surface area contributed by atoms with Crippen LogP contribution in [-0.2, 0) is 10.4 Å². The van der Waals surface area contributed by atoms with Crippen molar-refractivity contribution in [3.63, 3.8) is 0 Å². The smallest absolute Gasteiger partial charge is 0.380 e. The summed E-state index contributed by atoms with van der Waals surface area (Å²) in [5.41, 5.74) is -10.3. The molecule has 0 saturated heterocycles. The van der Waals surface area contributed by atoms with Crippen LogP contribution in [-0.4, -0.2) is 41.8 Å². The first-order valence-electron chi connectivity index (χ1n) is 10.2. The fraction of sp³-hybridized carbons (Fsp3) is 0.619. The first kappa shape index (κ1) is 28.8. The van der Waals surface area contributed by atoms with E-state index in [2.05, 4.69) is 5.32 Å². The fourth-order valence-corrected chi connectivity index (χ4v) is 2.63. The molecule has 33 heavy (non-hydrogen) atoms. The summed E-state index contributed by atoms with van der Waals surface area (Å²) in [6.45, 7) is 9.86. The lowest BCUT2D eigenvalue weighted by Crippen LogP contribution is -2.54. The molecule has 1 aromatic carbocycles. The van der Waals surface area contributed by atoms with Gasteiger partial charge in [-0.05, 0) is 44.9 Å². The van der Waals surface area contributed by atoms with Gasteiger partial charge in [0.1, 0.15) is 5.68 Å². The van der Waals surface area contributed by atoms with E-state index in [1.807, 2.05) is 5.32 Å². The molecular weight excluding hydrogens is 453 g/mol. The number of alkyl halides is 6. The number of benzene rings is 1. The molecule has 0 fully saturated rings. The summed E-state index contributed by atoms with van der Waals surface area (Å²) in [6.07, 6.45) is -11.5. The number of halogens is 6. The molecule has 0 heterocycles. The van der Waals surface area contributed by atoms with Gasteiger partial charge >= 0.3 is 19.6 Å². The number of aliphatic hydroxyl groups is 1. The van der Waals surface area contributed by atoms with Gasteiger partial charge in [-0.3, -0.25) is 4.79 Å². The first-order valence-corrected chi connectivity index (χ1v) is 10.2. The largest absolute Gasteiger partial charge is 0.430 e. The molecule has 0 saturated carbocycles. The molecule has 0 aliphatic rings. The Labute approximate surface area is 189 Å². The predicted molar refractivity (Wildman–Crippen MR) is 114 cm³/mol. The Hall–Kier alpha value is -2.24. The first-order chi connectivity index (χ1) is 14.7. The van der Waals surface area contributed by atoms with Crippen molar-refractivity contribution in [2.75, 3.05) is 10.6 Å². The van der Waals surface area contributed by atoms with Crippen LogP contribution in [0.15, 0.2) is 18.2 Å². The van der Waals surface area contributed by atoms with Crippen LogP contribution >= 0.6 is 0 Å². The Balaban J connectivity index is 3.58.